The Morgan fingerprint density at radius 3 is 2.82 bits per heavy atom. The van der Waals surface area contributed by atoms with Crippen LogP contribution in [0.3, 0.4) is 0 Å². The van der Waals surface area contributed by atoms with Crippen LogP contribution in [0.5, 0.6) is 0 Å². The van der Waals surface area contributed by atoms with Crippen LogP contribution in [0.4, 0.5) is 5.82 Å². The number of carbonyl (C=O) groups excluding carboxylic acids is 1. The van der Waals surface area contributed by atoms with Gasteiger partial charge in [-0.1, -0.05) is 23.7 Å². The molecule has 1 aliphatic heterocycles. The number of carbonyl (C=O) groups is 1. The molecule has 1 aliphatic rings. The third-order valence-electron chi connectivity index (χ3n) is 5.22. The normalized spacial score (nSPS) is 15.5. The molecule has 0 fully saturated rings. The average Bonchev–Trinajstić information content (AvgIpc) is 3.12. The van der Waals surface area contributed by atoms with Crippen LogP contribution in [0.25, 0.3) is 16.7 Å². The van der Waals surface area contributed by atoms with Gasteiger partial charge < -0.3 is 15.2 Å². The molecule has 1 aromatic carbocycles. The van der Waals surface area contributed by atoms with Crippen molar-refractivity contribution in [2.45, 2.75) is 26.3 Å². The van der Waals surface area contributed by atoms with E-state index < -0.39 is 6.04 Å². The molecule has 3 aromatic rings. The first-order valence-electron chi connectivity index (χ1n) is 9.13. The van der Waals surface area contributed by atoms with Gasteiger partial charge in [0.25, 0.3) is 0 Å². The second-order valence-corrected chi connectivity index (χ2v) is 7.42. The number of rotatable bonds is 3. The minimum Gasteiger partial charge on any atom is -0.382 e. The quantitative estimate of drug-likeness (QED) is 0.733. The van der Waals surface area contributed by atoms with E-state index in [4.69, 9.17) is 17.3 Å². The molecule has 8 heteroatoms. The zero-order chi connectivity index (χ0) is 19.8. The number of amides is 1. The van der Waals surface area contributed by atoms with E-state index in [1.54, 1.807) is 10.9 Å². The molecule has 4 rings (SSSR count). The van der Waals surface area contributed by atoms with Crippen molar-refractivity contribution in [3.8, 4) is 0 Å². The molecule has 28 heavy (non-hydrogen) atoms. The Kier molecular flexibility index (Phi) is 4.77. The summed E-state index contributed by atoms with van der Waals surface area (Å²) in [5, 5.41) is 0.736. The van der Waals surface area contributed by atoms with Crippen molar-refractivity contribution in [1.29, 1.82) is 0 Å². The third kappa shape index (κ3) is 3.22. The number of anilines is 1. The van der Waals surface area contributed by atoms with E-state index >= 15 is 0 Å². The van der Waals surface area contributed by atoms with Gasteiger partial charge in [0.05, 0.1) is 6.33 Å². The van der Waals surface area contributed by atoms with Crippen molar-refractivity contribution >= 4 is 40.1 Å². The summed E-state index contributed by atoms with van der Waals surface area (Å²) < 4.78 is 1.75. The van der Waals surface area contributed by atoms with Crippen LogP contribution in [-0.2, 0) is 4.79 Å². The fourth-order valence-corrected chi connectivity index (χ4v) is 3.86. The van der Waals surface area contributed by atoms with Gasteiger partial charge in [-0.15, -0.1) is 0 Å². The number of hydrogen-bond acceptors (Lipinski definition) is 5. The molecule has 2 aromatic heterocycles. The predicted molar refractivity (Wildman–Crippen MR) is 110 cm³/mol. The summed E-state index contributed by atoms with van der Waals surface area (Å²) in [5.74, 6) is 0.340. The highest BCUT2D eigenvalue weighted by atomic mass is 35.5. The van der Waals surface area contributed by atoms with E-state index in [0.29, 0.717) is 30.1 Å². The lowest BCUT2D eigenvalue weighted by Gasteiger charge is -2.29. The molecule has 1 atom stereocenters. The highest BCUT2D eigenvalue weighted by Gasteiger charge is 2.26. The molecule has 144 valence electrons. The van der Waals surface area contributed by atoms with Crippen molar-refractivity contribution in [1.82, 2.24) is 24.4 Å². The lowest BCUT2D eigenvalue weighted by atomic mass is 9.95. The monoisotopic (exact) mass is 396 g/mol. The van der Waals surface area contributed by atoms with Gasteiger partial charge in [-0.3, -0.25) is 4.79 Å². The fourth-order valence-electron chi connectivity index (χ4n) is 3.64. The molecule has 0 saturated heterocycles. The van der Waals surface area contributed by atoms with Gasteiger partial charge in [0.1, 0.15) is 17.9 Å². The topological polar surface area (TPSA) is 89.9 Å². The maximum atomic E-state index is 13.0. The van der Waals surface area contributed by atoms with Crippen molar-refractivity contribution in [2.24, 2.45) is 0 Å². The molecule has 0 spiro atoms. The Morgan fingerprint density at radius 2 is 2.11 bits per heavy atom. The fraction of sp³-hybridized carbons (Fsp3) is 0.300. The predicted octanol–water partition coefficient (Wildman–Crippen LogP) is 3.25. The summed E-state index contributed by atoms with van der Waals surface area (Å²) >= 11 is 6.06. The number of imidazole rings is 1. The van der Waals surface area contributed by atoms with Gasteiger partial charge in [0.2, 0.25) is 5.91 Å². The van der Waals surface area contributed by atoms with Crippen LogP contribution in [0, 0.1) is 6.92 Å². The average molecular weight is 397 g/mol. The van der Waals surface area contributed by atoms with E-state index in [0.717, 1.165) is 17.0 Å². The number of nitrogens with zero attached hydrogens (tertiary/aromatic N) is 5. The molecule has 0 saturated carbocycles. The standard InChI is InChI=1S/C20H21ClN6O/c1-12-9-15(21)3-4-16(12)14-5-7-26(8-6-14)20(28)13(2)27-11-25-17-18(22)23-10-24-19(17)27/h3-5,9-11,13H,6-8H2,1-2H3,(H2,22,23,24). The van der Waals surface area contributed by atoms with Crippen LogP contribution >= 0.6 is 11.6 Å². The van der Waals surface area contributed by atoms with E-state index in [-0.39, 0.29) is 5.91 Å². The van der Waals surface area contributed by atoms with Crippen molar-refractivity contribution in [3.05, 3.63) is 53.1 Å². The molecular formula is C20H21ClN6O. The first-order valence-corrected chi connectivity index (χ1v) is 9.51. The number of nitrogen functional groups attached to an aromatic ring is 1. The minimum atomic E-state index is -0.425. The lowest BCUT2D eigenvalue weighted by Crippen LogP contribution is -2.38. The Balaban J connectivity index is 1.53. The number of nitrogens with two attached hydrogens (primary N) is 1. The van der Waals surface area contributed by atoms with Gasteiger partial charge in [-0.25, -0.2) is 15.0 Å². The first kappa shape index (κ1) is 18.4. The number of hydrogen-bond donors (Lipinski definition) is 1. The Hall–Kier alpha value is -2.93. The number of fused-ring (bicyclic) bond motifs is 1. The Bertz CT molecular complexity index is 1090. The zero-order valence-electron chi connectivity index (χ0n) is 15.8. The molecule has 1 unspecified atom stereocenters. The Labute approximate surface area is 167 Å². The van der Waals surface area contributed by atoms with E-state index in [2.05, 4.69) is 28.0 Å². The van der Waals surface area contributed by atoms with Crippen LogP contribution in [0.1, 0.15) is 30.5 Å². The second kappa shape index (κ2) is 7.24. The van der Waals surface area contributed by atoms with Crippen LogP contribution in [0.15, 0.2) is 36.9 Å². The summed E-state index contributed by atoms with van der Waals surface area (Å²) in [6.45, 7) is 5.15. The van der Waals surface area contributed by atoms with E-state index in [9.17, 15) is 4.79 Å². The molecule has 0 radical (unpaired) electrons. The summed E-state index contributed by atoms with van der Waals surface area (Å²) in [5.41, 5.74) is 10.5. The highest BCUT2D eigenvalue weighted by molar-refractivity contribution is 6.30. The summed E-state index contributed by atoms with van der Waals surface area (Å²) in [4.78, 5) is 27.3. The summed E-state index contributed by atoms with van der Waals surface area (Å²) in [6, 6.07) is 5.49. The van der Waals surface area contributed by atoms with E-state index in [1.165, 1.54) is 17.5 Å². The first-order chi connectivity index (χ1) is 13.5. The molecule has 3 heterocycles. The Morgan fingerprint density at radius 1 is 1.29 bits per heavy atom. The van der Waals surface area contributed by atoms with Crippen molar-refractivity contribution in [2.75, 3.05) is 18.8 Å². The van der Waals surface area contributed by atoms with Gasteiger partial charge in [-0.2, -0.15) is 0 Å². The molecule has 2 N–H and O–H groups in total. The number of halogens is 1. The van der Waals surface area contributed by atoms with E-state index in [1.807, 2.05) is 30.0 Å². The smallest absolute Gasteiger partial charge is 0.245 e. The SMILES string of the molecule is Cc1cc(Cl)ccc1C1=CCN(C(=O)C(C)n2cnc3c(N)ncnc32)CC1. The summed E-state index contributed by atoms with van der Waals surface area (Å²) in [7, 11) is 0. The number of benzene rings is 1. The van der Waals surface area contributed by atoms with Crippen molar-refractivity contribution < 1.29 is 4.79 Å². The summed E-state index contributed by atoms with van der Waals surface area (Å²) in [6.07, 6.45) is 5.91. The van der Waals surface area contributed by atoms with Gasteiger partial charge >= 0.3 is 0 Å². The van der Waals surface area contributed by atoms with Gasteiger partial charge in [0.15, 0.2) is 11.5 Å². The van der Waals surface area contributed by atoms with Gasteiger partial charge in [-0.05, 0) is 49.1 Å². The molecule has 1 amide bonds. The van der Waals surface area contributed by atoms with Crippen LogP contribution < -0.4 is 5.73 Å². The highest BCUT2D eigenvalue weighted by Crippen LogP contribution is 2.28. The third-order valence-corrected chi connectivity index (χ3v) is 5.45. The second-order valence-electron chi connectivity index (χ2n) is 6.98. The zero-order valence-corrected chi connectivity index (χ0v) is 16.5. The van der Waals surface area contributed by atoms with Crippen molar-refractivity contribution in [3.63, 3.8) is 0 Å². The minimum absolute atomic E-state index is 0.0274. The maximum Gasteiger partial charge on any atom is 0.245 e. The van der Waals surface area contributed by atoms with Gasteiger partial charge in [0, 0.05) is 18.1 Å². The van der Waals surface area contributed by atoms with Crippen LogP contribution in [0.2, 0.25) is 5.02 Å². The molecular weight excluding hydrogens is 376 g/mol. The maximum absolute atomic E-state index is 13.0. The largest absolute Gasteiger partial charge is 0.382 e. The lowest BCUT2D eigenvalue weighted by molar-refractivity contribution is -0.133. The molecule has 7 nitrogen and oxygen atoms in total. The van der Waals surface area contributed by atoms with Crippen LogP contribution in [-0.4, -0.2) is 43.4 Å². The number of aromatic nitrogens is 4. The molecule has 0 bridgehead atoms. The number of aryl methyl sites for hydroxylation is 1. The molecule has 0 aliphatic carbocycles.